The van der Waals surface area contributed by atoms with E-state index in [0.29, 0.717) is 12.2 Å². The van der Waals surface area contributed by atoms with Crippen LogP contribution < -0.4 is 5.32 Å². The van der Waals surface area contributed by atoms with E-state index in [4.69, 9.17) is 0 Å². The summed E-state index contributed by atoms with van der Waals surface area (Å²) < 4.78 is 1.53. The molecule has 0 spiro atoms. The summed E-state index contributed by atoms with van der Waals surface area (Å²) in [6.07, 6.45) is 4.62. The summed E-state index contributed by atoms with van der Waals surface area (Å²) in [6.45, 7) is 2.33. The number of nitro benzene ring substituents is 1. The van der Waals surface area contributed by atoms with E-state index in [1.165, 1.54) is 23.2 Å². The number of hydrogen-bond acceptors (Lipinski definition) is 4. The van der Waals surface area contributed by atoms with E-state index in [0.717, 1.165) is 11.1 Å². The zero-order chi connectivity index (χ0) is 17.8. The van der Waals surface area contributed by atoms with Gasteiger partial charge in [0.05, 0.1) is 11.3 Å². The second-order valence-electron chi connectivity index (χ2n) is 5.54. The van der Waals surface area contributed by atoms with Gasteiger partial charge >= 0.3 is 0 Å². The maximum atomic E-state index is 12.3. The highest BCUT2D eigenvalue weighted by molar-refractivity contribution is 5.95. The molecule has 3 aromatic rings. The Hall–Kier alpha value is -3.48. The van der Waals surface area contributed by atoms with Crippen LogP contribution in [0.2, 0.25) is 0 Å². The predicted octanol–water partition coefficient (Wildman–Crippen LogP) is 3.02. The highest BCUT2D eigenvalue weighted by Gasteiger charge is 2.18. The van der Waals surface area contributed by atoms with Gasteiger partial charge in [0, 0.05) is 30.6 Å². The molecule has 0 atom stereocenters. The summed E-state index contributed by atoms with van der Waals surface area (Å²) in [5.74, 6) is -0.358. The first-order valence-electron chi connectivity index (χ1n) is 7.66. The van der Waals surface area contributed by atoms with Gasteiger partial charge in [0.1, 0.15) is 5.69 Å². The van der Waals surface area contributed by atoms with Crippen LogP contribution in [0.1, 0.15) is 21.5 Å². The number of nitrogens with one attached hydrogen (secondary N) is 1. The van der Waals surface area contributed by atoms with Gasteiger partial charge in [-0.25, -0.2) is 4.98 Å². The van der Waals surface area contributed by atoms with E-state index < -0.39 is 4.92 Å². The quantitative estimate of drug-likeness (QED) is 0.573. The van der Waals surface area contributed by atoms with Crippen LogP contribution >= 0.6 is 0 Å². The Morgan fingerprint density at radius 1 is 1.28 bits per heavy atom. The molecule has 126 valence electrons. The van der Waals surface area contributed by atoms with Crippen LogP contribution in [-0.4, -0.2) is 20.4 Å². The lowest BCUT2D eigenvalue weighted by molar-refractivity contribution is -0.384. The average Bonchev–Trinajstić information content (AvgIpc) is 3.14. The van der Waals surface area contributed by atoms with E-state index in [1.807, 2.05) is 31.2 Å². The number of carbonyl (C=O) groups excluding carboxylic acids is 1. The molecule has 7 heteroatoms. The largest absolute Gasteiger partial charge is 0.348 e. The van der Waals surface area contributed by atoms with E-state index >= 15 is 0 Å². The Balaban J connectivity index is 1.82. The molecule has 1 heterocycles. The number of nitrogens with zero attached hydrogens (tertiary/aromatic N) is 3. The maximum absolute atomic E-state index is 12.3. The van der Waals surface area contributed by atoms with Gasteiger partial charge in [-0.2, -0.15) is 0 Å². The smallest absolute Gasteiger partial charge is 0.294 e. The highest BCUT2D eigenvalue weighted by atomic mass is 16.6. The Kier molecular flexibility index (Phi) is 4.56. The summed E-state index contributed by atoms with van der Waals surface area (Å²) in [5.41, 5.74) is 2.52. The third kappa shape index (κ3) is 3.55. The Morgan fingerprint density at radius 3 is 2.76 bits per heavy atom. The number of amides is 1. The molecule has 0 fully saturated rings. The number of aryl methyl sites for hydroxylation is 1. The minimum absolute atomic E-state index is 0.151. The van der Waals surface area contributed by atoms with Crippen molar-refractivity contribution < 1.29 is 9.72 Å². The minimum atomic E-state index is -0.506. The Morgan fingerprint density at radius 2 is 2.08 bits per heavy atom. The molecule has 2 aromatic carbocycles. The van der Waals surface area contributed by atoms with Gasteiger partial charge in [-0.05, 0) is 30.2 Å². The van der Waals surface area contributed by atoms with E-state index in [9.17, 15) is 14.9 Å². The van der Waals surface area contributed by atoms with Gasteiger partial charge in [-0.15, -0.1) is 0 Å². The molecule has 0 saturated heterocycles. The SMILES string of the molecule is Cc1ccccc1CNC(=O)c1ccc(-n2ccnc2)c([N+](=O)[O-])c1. The van der Waals surface area contributed by atoms with E-state index in [-0.39, 0.29) is 17.2 Å². The monoisotopic (exact) mass is 336 g/mol. The van der Waals surface area contributed by atoms with Crippen LogP contribution in [0.15, 0.2) is 61.2 Å². The summed E-state index contributed by atoms with van der Waals surface area (Å²) in [7, 11) is 0. The summed E-state index contributed by atoms with van der Waals surface area (Å²) in [6, 6.07) is 12.1. The second kappa shape index (κ2) is 6.96. The molecule has 0 saturated carbocycles. The third-order valence-corrected chi connectivity index (χ3v) is 3.92. The average molecular weight is 336 g/mol. The molecule has 1 amide bonds. The van der Waals surface area contributed by atoms with Crippen LogP contribution in [0.25, 0.3) is 5.69 Å². The molecular formula is C18H16N4O3. The molecule has 1 aromatic heterocycles. The lowest BCUT2D eigenvalue weighted by Crippen LogP contribution is -2.23. The Bertz CT molecular complexity index is 920. The molecule has 0 aliphatic heterocycles. The molecule has 25 heavy (non-hydrogen) atoms. The molecule has 0 bridgehead atoms. The third-order valence-electron chi connectivity index (χ3n) is 3.92. The Labute approximate surface area is 144 Å². The van der Waals surface area contributed by atoms with Crippen molar-refractivity contribution in [1.82, 2.24) is 14.9 Å². The molecule has 0 unspecified atom stereocenters. The predicted molar refractivity (Wildman–Crippen MR) is 92.6 cm³/mol. The first-order chi connectivity index (χ1) is 12.1. The number of carbonyl (C=O) groups is 1. The fourth-order valence-electron chi connectivity index (χ4n) is 2.52. The van der Waals surface area contributed by atoms with Gasteiger partial charge in [0.15, 0.2) is 0 Å². The molecule has 7 nitrogen and oxygen atoms in total. The number of rotatable bonds is 5. The lowest BCUT2D eigenvalue weighted by atomic mass is 10.1. The first-order valence-corrected chi connectivity index (χ1v) is 7.66. The van der Waals surface area contributed by atoms with Crippen molar-refractivity contribution in [3.05, 3.63) is 88.0 Å². The van der Waals surface area contributed by atoms with Crippen LogP contribution in [-0.2, 0) is 6.54 Å². The summed E-state index contributed by atoms with van der Waals surface area (Å²) in [5, 5.41) is 14.2. The first kappa shape index (κ1) is 16.4. The maximum Gasteiger partial charge on any atom is 0.294 e. The standard InChI is InChI=1S/C18H16N4O3/c1-13-4-2-3-5-15(13)11-20-18(23)14-6-7-16(17(10-14)22(24)25)21-9-8-19-12-21/h2-10,12H,11H2,1H3,(H,20,23). The van der Waals surface area contributed by atoms with E-state index in [2.05, 4.69) is 10.3 Å². The molecule has 0 radical (unpaired) electrons. The fraction of sp³-hybridized carbons (Fsp3) is 0.111. The topological polar surface area (TPSA) is 90.1 Å². The van der Waals surface area contributed by atoms with E-state index in [1.54, 1.807) is 18.3 Å². The van der Waals surface area contributed by atoms with Crippen LogP contribution in [0.4, 0.5) is 5.69 Å². The molecule has 0 aliphatic carbocycles. The fourth-order valence-corrected chi connectivity index (χ4v) is 2.52. The number of hydrogen-bond donors (Lipinski definition) is 1. The second-order valence-corrected chi connectivity index (χ2v) is 5.54. The van der Waals surface area contributed by atoms with Crippen LogP contribution in [0.5, 0.6) is 0 Å². The zero-order valence-corrected chi connectivity index (χ0v) is 13.5. The summed E-state index contributed by atoms with van der Waals surface area (Å²) >= 11 is 0. The van der Waals surface area contributed by atoms with Crippen molar-refractivity contribution >= 4 is 11.6 Å². The van der Waals surface area contributed by atoms with Gasteiger partial charge < -0.3 is 9.88 Å². The molecule has 0 aliphatic rings. The molecule has 1 N–H and O–H groups in total. The number of benzene rings is 2. The van der Waals surface area contributed by atoms with Crippen molar-refractivity contribution in [3.8, 4) is 5.69 Å². The number of imidazole rings is 1. The zero-order valence-electron chi connectivity index (χ0n) is 13.5. The van der Waals surface area contributed by atoms with Gasteiger partial charge in [-0.3, -0.25) is 14.9 Å². The van der Waals surface area contributed by atoms with Crippen molar-refractivity contribution in [1.29, 1.82) is 0 Å². The van der Waals surface area contributed by atoms with Crippen LogP contribution in [0, 0.1) is 17.0 Å². The van der Waals surface area contributed by atoms with Gasteiger partial charge in [0.2, 0.25) is 0 Å². The molecule has 3 rings (SSSR count). The van der Waals surface area contributed by atoms with Crippen molar-refractivity contribution in [2.24, 2.45) is 0 Å². The molecular weight excluding hydrogens is 320 g/mol. The van der Waals surface area contributed by atoms with Crippen molar-refractivity contribution in [2.75, 3.05) is 0 Å². The summed E-state index contributed by atoms with van der Waals surface area (Å²) in [4.78, 5) is 27.1. The normalized spacial score (nSPS) is 10.4. The number of nitro groups is 1. The highest BCUT2D eigenvalue weighted by Crippen LogP contribution is 2.24. The van der Waals surface area contributed by atoms with Crippen molar-refractivity contribution in [3.63, 3.8) is 0 Å². The van der Waals surface area contributed by atoms with Gasteiger partial charge in [0.25, 0.3) is 11.6 Å². The number of aromatic nitrogens is 2. The lowest BCUT2D eigenvalue weighted by Gasteiger charge is -2.09. The van der Waals surface area contributed by atoms with Crippen molar-refractivity contribution in [2.45, 2.75) is 13.5 Å². The van der Waals surface area contributed by atoms with Crippen LogP contribution in [0.3, 0.4) is 0 Å². The minimum Gasteiger partial charge on any atom is -0.348 e. The van der Waals surface area contributed by atoms with Gasteiger partial charge in [-0.1, -0.05) is 24.3 Å².